The van der Waals surface area contributed by atoms with Gasteiger partial charge in [0.25, 0.3) is 5.91 Å². The zero-order valence-corrected chi connectivity index (χ0v) is 10.1. The maximum Gasteiger partial charge on any atom is 0.253 e. The molecule has 1 amide bonds. The summed E-state index contributed by atoms with van der Waals surface area (Å²) in [7, 11) is 0. The molecule has 0 spiro atoms. The number of anilines is 1. The number of amides is 1. The first kappa shape index (κ1) is 11.5. The molecule has 0 unspecified atom stereocenters. The molecule has 1 aromatic carbocycles. The first-order valence-corrected chi connectivity index (χ1v) is 5.72. The number of rotatable bonds is 3. The van der Waals surface area contributed by atoms with E-state index in [1.165, 1.54) is 0 Å². The maximum absolute atomic E-state index is 12.0. The van der Waals surface area contributed by atoms with E-state index in [1.54, 1.807) is 6.20 Å². The molecule has 0 aliphatic rings. The Hall–Kier alpha value is -1.97. The lowest BCUT2D eigenvalue weighted by Crippen LogP contribution is -2.27. The number of benzene rings is 1. The number of nitrogens with one attached hydrogen (secondary N) is 2. The van der Waals surface area contributed by atoms with E-state index in [1.807, 2.05) is 18.2 Å². The largest absolute Gasteiger partial charge is 0.399 e. The van der Waals surface area contributed by atoms with Gasteiger partial charge in [-0.2, -0.15) is 0 Å². The lowest BCUT2D eigenvalue weighted by atomic mass is 10.1. The SMILES string of the molecule is CC(C)CNC(=O)c1c[nH]c2ccc(N)cc12. The van der Waals surface area contributed by atoms with E-state index in [-0.39, 0.29) is 5.91 Å². The highest BCUT2D eigenvalue weighted by Crippen LogP contribution is 2.20. The smallest absolute Gasteiger partial charge is 0.253 e. The molecule has 2 rings (SSSR count). The Balaban J connectivity index is 2.29. The number of nitrogen functional groups attached to an aromatic ring is 1. The third kappa shape index (κ3) is 2.41. The van der Waals surface area contributed by atoms with Crippen molar-refractivity contribution in [2.45, 2.75) is 13.8 Å². The number of hydrogen-bond acceptors (Lipinski definition) is 2. The topological polar surface area (TPSA) is 70.9 Å². The van der Waals surface area contributed by atoms with Gasteiger partial charge in [0.2, 0.25) is 0 Å². The molecular formula is C13H17N3O. The summed E-state index contributed by atoms with van der Waals surface area (Å²) >= 11 is 0. The van der Waals surface area contributed by atoms with Gasteiger partial charge in [-0.3, -0.25) is 4.79 Å². The second kappa shape index (κ2) is 4.49. The average molecular weight is 231 g/mol. The van der Waals surface area contributed by atoms with Gasteiger partial charge in [-0.15, -0.1) is 0 Å². The van der Waals surface area contributed by atoms with Crippen molar-refractivity contribution >= 4 is 22.5 Å². The van der Waals surface area contributed by atoms with Crippen molar-refractivity contribution in [3.63, 3.8) is 0 Å². The van der Waals surface area contributed by atoms with Gasteiger partial charge in [0.05, 0.1) is 5.56 Å². The van der Waals surface area contributed by atoms with E-state index in [2.05, 4.69) is 24.1 Å². The van der Waals surface area contributed by atoms with E-state index in [4.69, 9.17) is 5.73 Å². The second-order valence-corrected chi connectivity index (χ2v) is 4.61. The number of carbonyl (C=O) groups is 1. The molecule has 4 N–H and O–H groups in total. The Morgan fingerprint density at radius 1 is 1.47 bits per heavy atom. The number of hydrogen-bond donors (Lipinski definition) is 3. The van der Waals surface area contributed by atoms with Gasteiger partial charge < -0.3 is 16.0 Å². The summed E-state index contributed by atoms with van der Waals surface area (Å²) < 4.78 is 0. The monoisotopic (exact) mass is 231 g/mol. The quantitative estimate of drug-likeness (QED) is 0.708. The fourth-order valence-corrected chi connectivity index (χ4v) is 1.72. The summed E-state index contributed by atoms with van der Waals surface area (Å²) in [6, 6.07) is 5.51. The molecule has 0 bridgehead atoms. The average Bonchev–Trinajstić information content (AvgIpc) is 2.68. The van der Waals surface area contributed by atoms with Gasteiger partial charge in [-0.25, -0.2) is 0 Å². The Bertz CT molecular complexity index is 543. The van der Waals surface area contributed by atoms with Crippen molar-refractivity contribution in [2.24, 2.45) is 5.92 Å². The summed E-state index contributed by atoms with van der Waals surface area (Å²) in [5, 5.41) is 3.76. The molecule has 0 aliphatic carbocycles. The van der Waals surface area contributed by atoms with Gasteiger partial charge >= 0.3 is 0 Å². The molecular weight excluding hydrogens is 214 g/mol. The van der Waals surface area contributed by atoms with Crippen molar-refractivity contribution in [3.05, 3.63) is 30.0 Å². The lowest BCUT2D eigenvalue weighted by molar-refractivity contribution is 0.0950. The van der Waals surface area contributed by atoms with Crippen LogP contribution in [0.5, 0.6) is 0 Å². The molecule has 0 aliphatic heterocycles. The number of aromatic nitrogens is 1. The number of H-pyrrole nitrogens is 1. The highest BCUT2D eigenvalue weighted by molar-refractivity contribution is 6.07. The lowest BCUT2D eigenvalue weighted by Gasteiger charge is -2.06. The van der Waals surface area contributed by atoms with Gasteiger partial charge in [0.15, 0.2) is 0 Å². The Labute approximate surface area is 100 Å². The zero-order chi connectivity index (χ0) is 12.4. The molecule has 90 valence electrons. The third-order valence-corrected chi connectivity index (χ3v) is 2.62. The van der Waals surface area contributed by atoms with Gasteiger partial charge in [0.1, 0.15) is 0 Å². The van der Waals surface area contributed by atoms with Crippen LogP contribution >= 0.6 is 0 Å². The molecule has 0 fully saturated rings. The van der Waals surface area contributed by atoms with Crippen molar-refractivity contribution in [2.75, 3.05) is 12.3 Å². The summed E-state index contributed by atoms with van der Waals surface area (Å²) in [4.78, 5) is 15.0. The molecule has 1 heterocycles. The number of aromatic amines is 1. The van der Waals surface area contributed by atoms with Crippen LogP contribution in [0.1, 0.15) is 24.2 Å². The van der Waals surface area contributed by atoms with Gasteiger partial charge in [-0.1, -0.05) is 13.8 Å². The third-order valence-electron chi connectivity index (χ3n) is 2.62. The fraction of sp³-hybridized carbons (Fsp3) is 0.308. The van der Waals surface area contributed by atoms with Gasteiger partial charge in [-0.05, 0) is 24.1 Å². The summed E-state index contributed by atoms with van der Waals surface area (Å²) in [5.41, 5.74) is 7.96. The van der Waals surface area contributed by atoms with E-state index < -0.39 is 0 Å². The predicted octanol–water partition coefficient (Wildman–Crippen LogP) is 2.14. The molecule has 0 saturated carbocycles. The van der Waals surface area contributed by atoms with Crippen molar-refractivity contribution in [1.82, 2.24) is 10.3 Å². The Morgan fingerprint density at radius 2 is 2.24 bits per heavy atom. The Morgan fingerprint density at radius 3 is 2.94 bits per heavy atom. The molecule has 0 radical (unpaired) electrons. The minimum Gasteiger partial charge on any atom is -0.399 e. The van der Waals surface area contributed by atoms with Crippen LogP contribution in [-0.2, 0) is 0 Å². The highest BCUT2D eigenvalue weighted by atomic mass is 16.1. The number of carbonyl (C=O) groups excluding carboxylic acids is 1. The number of nitrogens with two attached hydrogens (primary N) is 1. The molecule has 2 aromatic rings. The van der Waals surface area contributed by atoms with Crippen molar-refractivity contribution in [3.8, 4) is 0 Å². The summed E-state index contributed by atoms with van der Waals surface area (Å²) in [5.74, 6) is 0.379. The molecule has 0 saturated heterocycles. The standard InChI is InChI=1S/C13H17N3O/c1-8(2)6-16-13(17)11-7-15-12-4-3-9(14)5-10(11)12/h3-5,7-8,15H,6,14H2,1-2H3,(H,16,17). The zero-order valence-electron chi connectivity index (χ0n) is 10.1. The van der Waals surface area contributed by atoms with E-state index in [0.29, 0.717) is 23.7 Å². The van der Waals surface area contributed by atoms with Crippen molar-refractivity contribution in [1.29, 1.82) is 0 Å². The first-order valence-electron chi connectivity index (χ1n) is 5.72. The fourth-order valence-electron chi connectivity index (χ4n) is 1.72. The minimum atomic E-state index is -0.0597. The van der Waals surface area contributed by atoms with Crippen LogP contribution in [-0.4, -0.2) is 17.4 Å². The minimum absolute atomic E-state index is 0.0597. The highest BCUT2D eigenvalue weighted by Gasteiger charge is 2.11. The first-order chi connectivity index (χ1) is 8.08. The molecule has 1 aromatic heterocycles. The summed E-state index contributed by atoms with van der Waals surface area (Å²) in [6.45, 7) is 4.80. The van der Waals surface area contributed by atoms with Crippen LogP contribution in [0.25, 0.3) is 10.9 Å². The van der Waals surface area contributed by atoms with E-state index in [0.717, 1.165) is 10.9 Å². The van der Waals surface area contributed by atoms with Crippen LogP contribution in [0, 0.1) is 5.92 Å². The molecule has 0 atom stereocenters. The number of fused-ring (bicyclic) bond motifs is 1. The van der Waals surface area contributed by atoms with E-state index >= 15 is 0 Å². The van der Waals surface area contributed by atoms with Crippen LogP contribution in [0.15, 0.2) is 24.4 Å². The predicted molar refractivity (Wildman–Crippen MR) is 69.9 cm³/mol. The van der Waals surface area contributed by atoms with Crippen molar-refractivity contribution < 1.29 is 4.79 Å². The maximum atomic E-state index is 12.0. The molecule has 17 heavy (non-hydrogen) atoms. The van der Waals surface area contributed by atoms with Gasteiger partial charge in [0, 0.05) is 29.3 Å². The second-order valence-electron chi connectivity index (χ2n) is 4.61. The summed E-state index contributed by atoms with van der Waals surface area (Å²) in [6.07, 6.45) is 1.72. The normalized spacial score (nSPS) is 11.0. The molecule has 4 heteroatoms. The molecule has 4 nitrogen and oxygen atoms in total. The van der Waals surface area contributed by atoms with Crippen LogP contribution in [0.2, 0.25) is 0 Å². The van der Waals surface area contributed by atoms with Crippen LogP contribution < -0.4 is 11.1 Å². The van der Waals surface area contributed by atoms with Crippen LogP contribution in [0.3, 0.4) is 0 Å². The van der Waals surface area contributed by atoms with E-state index in [9.17, 15) is 4.79 Å². The van der Waals surface area contributed by atoms with Crippen LogP contribution in [0.4, 0.5) is 5.69 Å². The Kier molecular flexibility index (Phi) is 3.04.